The molecule has 0 aromatic heterocycles. The van der Waals surface area contributed by atoms with Crippen molar-refractivity contribution in [3.05, 3.63) is 0 Å². The minimum absolute atomic E-state index is 0.227. The Kier molecular flexibility index (Phi) is 3.91. The zero-order valence-corrected chi connectivity index (χ0v) is 9.31. The zero-order chi connectivity index (χ0) is 10.7. The van der Waals surface area contributed by atoms with E-state index >= 15 is 0 Å². The first-order valence-corrected chi connectivity index (χ1v) is 4.67. The van der Waals surface area contributed by atoms with Crippen LogP contribution >= 0.6 is 0 Å². The lowest BCUT2D eigenvalue weighted by Crippen LogP contribution is -2.56. The largest absolute Gasteiger partial charge is 0.468 e. The topological polar surface area (TPSA) is 52.3 Å². The summed E-state index contributed by atoms with van der Waals surface area (Å²) in [6, 6.07) is 0. The van der Waals surface area contributed by atoms with Crippen LogP contribution < -0.4 is 5.73 Å². The Labute approximate surface area is 80.6 Å². The van der Waals surface area contributed by atoms with Crippen LogP contribution in [0, 0.1) is 5.41 Å². The van der Waals surface area contributed by atoms with Crippen LogP contribution in [0.4, 0.5) is 0 Å². The molecule has 3 nitrogen and oxygen atoms in total. The lowest BCUT2D eigenvalue weighted by molar-refractivity contribution is -0.151. The van der Waals surface area contributed by atoms with Gasteiger partial charge in [0.05, 0.1) is 7.11 Å². The molecule has 13 heavy (non-hydrogen) atoms. The van der Waals surface area contributed by atoms with Crippen LogP contribution in [0.15, 0.2) is 0 Å². The van der Waals surface area contributed by atoms with Crippen molar-refractivity contribution in [2.24, 2.45) is 11.1 Å². The van der Waals surface area contributed by atoms with Gasteiger partial charge in [0.25, 0.3) is 0 Å². The summed E-state index contributed by atoms with van der Waals surface area (Å²) in [6.07, 6.45) is 1.92. The first-order valence-electron chi connectivity index (χ1n) is 4.67. The molecule has 0 aliphatic heterocycles. The molecule has 0 heterocycles. The Balaban J connectivity index is 4.69. The third-order valence-electron chi connectivity index (χ3n) is 2.89. The van der Waals surface area contributed by atoms with Gasteiger partial charge in [0.2, 0.25) is 0 Å². The van der Waals surface area contributed by atoms with Crippen molar-refractivity contribution in [2.45, 2.75) is 46.1 Å². The third-order valence-corrected chi connectivity index (χ3v) is 2.89. The van der Waals surface area contributed by atoms with E-state index in [-0.39, 0.29) is 11.4 Å². The molecule has 1 unspecified atom stereocenters. The average molecular weight is 187 g/mol. The average Bonchev–Trinajstić information content (AvgIpc) is 2.02. The summed E-state index contributed by atoms with van der Waals surface area (Å²) in [5.41, 5.74) is 4.83. The molecule has 0 radical (unpaired) electrons. The van der Waals surface area contributed by atoms with Gasteiger partial charge in [-0.2, -0.15) is 0 Å². The highest BCUT2D eigenvalue weighted by Gasteiger charge is 2.44. The van der Waals surface area contributed by atoms with Gasteiger partial charge < -0.3 is 10.5 Å². The molecule has 0 saturated carbocycles. The maximum Gasteiger partial charge on any atom is 0.326 e. The molecule has 0 fully saturated rings. The maximum absolute atomic E-state index is 11.4. The molecule has 0 aromatic carbocycles. The number of hydrogen-bond donors (Lipinski definition) is 1. The van der Waals surface area contributed by atoms with Gasteiger partial charge in [-0.15, -0.1) is 0 Å². The summed E-state index contributed by atoms with van der Waals surface area (Å²) in [5.74, 6) is -0.342. The van der Waals surface area contributed by atoms with E-state index in [4.69, 9.17) is 5.73 Å². The number of esters is 1. The molecule has 0 aromatic rings. The van der Waals surface area contributed by atoms with E-state index < -0.39 is 5.54 Å². The second-order valence-corrected chi connectivity index (χ2v) is 4.33. The van der Waals surface area contributed by atoms with Gasteiger partial charge in [0.1, 0.15) is 5.54 Å². The SMILES string of the molecule is CCCC(C)(C)C(C)(N)C(=O)OC. The molecule has 0 aliphatic rings. The summed E-state index contributed by atoms with van der Waals surface area (Å²) in [6.45, 7) is 7.80. The molecule has 0 rings (SSSR count). The molecule has 1 atom stereocenters. The van der Waals surface area contributed by atoms with Gasteiger partial charge in [-0.05, 0) is 18.8 Å². The van der Waals surface area contributed by atoms with Crippen LogP contribution in [0.2, 0.25) is 0 Å². The fourth-order valence-corrected chi connectivity index (χ4v) is 1.37. The Hall–Kier alpha value is -0.570. The minimum Gasteiger partial charge on any atom is -0.468 e. The molecule has 0 amide bonds. The fraction of sp³-hybridized carbons (Fsp3) is 0.900. The Morgan fingerprint density at radius 1 is 1.38 bits per heavy atom. The van der Waals surface area contributed by atoms with E-state index in [1.807, 2.05) is 13.8 Å². The summed E-state index contributed by atoms with van der Waals surface area (Å²) >= 11 is 0. The number of ether oxygens (including phenoxy) is 1. The van der Waals surface area contributed by atoms with Crippen LogP contribution in [0.5, 0.6) is 0 Å². The second kappa shape index (κ2) is 4.09. The maximum atomic E-state index is 11.4. The number of rotatable bonds is 4. The van der Waals surface area contributed by atoms with Gasteiger partial charge in [-0.1, -0.05) is 27.2 Å². The van der Waals surface area contributed by atoms with Gasteiger partial charge in [0, 0.05) is 0 Å². The number of carbonyl (C=O) groups is 1. The third kappa shape index (κ3) is 2.44. The summed E-state index contributed by atoms with van der Waals surface area (Å²) < 4.78 is 4.68. The number of methoxy groups -OCH3 is 1. The second-order valence-electron chi connectivity index (χ2n) is 4.33. The monoisotopic (exact) mass is 187 g/mol. The van der Waals surface area contributed by atoms with Gasteiger partial charge >= 0.3 is 5.97 Å². The predicted molar refractivity (Wildman–Crippen MR) is 53.3 cm³/mol. The first-order chi connectivity index (χ1) is 5.79. The van der Waals surface area contributed by atoms with E-state index in [0.29, 0.717) is 0 Å². The van der Waals surface area contributed by atoms with Gasteiger partial charge in [-0.25, -0.2) is 0 Å². The summed E-state index contributed by atoms with van der Waals surface area (Å²) in [7, 11) is 1.37. The van der Waals surface area contributed by atoms with Crippen molar-refractivity contribution in [2.75, 3.05) is 7.11 Å². The van der Waals surface area contributed by atoms with Crippen molar-refractivity contribution >= 4 is 5.97 Å². The van der Waals surface area contributed by atoms with Gasteiger partial charge in [0.15, 0.2) is 0 Å². The van der Waals surface area contributed by atoms with Crippen LogP contribution in [-0.4, -0.2) is 18.6 Å². The summed E-state index contributed by atoms with van der Waals surface area (Å²) in [4.78, 5) is 11.4. The smallest absolute Gasteiger partial charge is 0.326 e. The van der Waals surface area contributed by atoms with Gasteiger partial charge in [-0.3, -0.25) is 4.79 Å². The first kappa shape index (κ1) is 12.4. The van der Waals surface area contributed by atoms with Crippen LogP contribution in [0.3, 0.4) is 0 Å². The van der Waals surface area contributed by atoms with Crippen LogP contribution in [0.1, 0.15) is 40.5 Å². The number of nitrogens with two attached hydrogens (primary N) is 1. The van der Waals surface area contributed by atoms with E-state index in [0.717, 1.165) is 12.8 Å². The number of carbonyl (C=O) groups excluding carboxylic acids is 1. The summed E-state index contributed by atoms with van der Waals surface area (Å²) in [5, 5.41) is 0. The molecular weight excluding hydrogens is 166 g/mol. The highest BCUT2D eigenvalue weighted by atomic mass is 16.5. The Bertz CT molecular complexity index is 185. The molecular formula is C10H21NO2. The molecule has 0 saturated heterocycles. The zero-order valence-electron chi connectivity index (χ0n) is 9.31. The Morgan fingerprint density at radius 3 is 2.15 bits per heavy atom. The predicted octanol–water partition coefficient (Wildman–Crippen LogP) is 1.70. The van der Waals surface area contributed by atoms with Crippen molar-refractivity contribution in [1.82, 2.24) is 0 Å². The molecule has 2 N–H and O–H groups in total. The standard InChI is InChI=1S/C10H21NO2/c1-6-7-9(2,3)10(4,11)8(12)13-5/h6-7,11H2,1-5H3. The number of hydrogen-bond acceptors (Lipinski definition) is 3. The van der Waals surface area contributed by atoms with E-state index in [2.05, 4.69) is 11.7 Å². The molecule has 0 aliphatic carbocycles. The van der Waals surface area contributed by atoms with E-state index in [1.54, 1.807) is 6.92 Å². The Morgan fingerprint density at radius 2 is 1.85 bits per heavy atom. The van der Waals surface area contributed by atoms with E-state index in [9.17, 15) is 4.79 Å². The van der Waals surface area contributed by atoms with Crippen LogP contribution in [-0.2, 0) is 9.53 Å². The lowest BCUT2D eigenvalue weighted by atomic mass is 9.71. The minimum atomic E-state index is -0.905. The van der Waals surface area contributed by atoms with E-state index in [1.165, 1.54) is 7.11 Å². The molecule has 78 valence electrons. The molecule has 3 heteroatoms. The van der Waals surface area contributed by atoms with Crippen molar-refractivity contribution in [1.29, 1.82) is 0 Å². The quantitative estimate of drug-likeness (QED) is 0.681. The lowest BCUT2D eigenvalue weighted by Gasteiger charge is -2.38. The van der Waals surface area contributed by atoms with Crippen molar-refractivity contribution in [3.63, 3.8) is 0 Å². The highest BCUT2D eigenvalue weighted by Crippen LogP contribution is 2.34. The molecule has 0 bridgehead atoms. The highest BCUT2D eigenvalue weighted by molar-refractivity contribution is 5.81. The van der Waals surface area contributed by atoms with Crippen molar-refractivity contribution in [3.8, 4) is 0 Å². The molecule has 0 spiro atoms. The normalized spacial score (nSPS) is 16.5. The van der Waals surface area contributed by atoms with Crippen LogP contribution in [0.25, 0.3) is 0 Å². The van der Waals surface area contributed by atoms with Crippen molar-refractivity contribution < 1.29 is 9.53 Å². The fourth-order valence-electron chi connectivity index (χ4n) is 1.37.